The van der Waals surface area contributed by atoms with Crippen molar-refractivity contribution in [3.63, 3.8) is 0 Å². The molecule has 1 heterocycles. The molecular formula is C25H23N3O3. The molecule has 6 nitrogen and oxygen atoms in total. The molecule has 31 heavy (non-hydrogen) atoms. The zero-order chi connectivity index (χ0) is 21.6. The molecule has 1 aromatic heterocycles. The number of esters is 1. The maximum atomic E-state index is 12.4. The van der Waals surface area contributed by atoms with Gasteiger partial charge in [-0.1, -0.05) is 48.5 Å². The second-order valence-electron chi connectivity index (χ2n) is 7.31. The van der Waals surface area contributed by atoms with Crippen LogP contribution in [0, 0.1) is 0 Å². The largest absolute Gasteiger partial charge is 0.453 e. The number of aryl methyl sites for hydroxylation is 1. The van der Waals surface area contributed by atoms with Crippen molar-refractivity contribution in [2.75, 3.05) is 5.32 Å². The van der Waals surface area contributed by atoms with Gasteiger partial charge < -0.3 is 10.1 Å². The average Bonchev–Trinajstić information content (AvgIpc) is 3.27. The highest BCUT2D eigenvalue weighted by molar-refractivity contribution is 5.97. The highest BCUT2D eigenvalue weighted by atomic mass is 16.5. The third-order valence-corrected chi connectivity index (χ3v) is 4.97. The number of para-hydroxylation sites is 1. The first kappa shape index (κ1) is 20.3. The van der Waals surface area contributed by atoms with Crippen LogP contribution in [0.4, 0.5) is 5.69 Å². The number of carbonyl (C=O) groups is 2. The summed E-state index contributed by atoms with van der Waals surface area (Å²) in [5.74, 6) is -0.783. The lowest BCUT2D eigenvalue weighted by atomic mass is 10.1. The van der Waals surface area contributed by atoms with Gasteiger partial charge in [-0.15, -0.1) is 0 Å². The minimum atomic E-state index is -0.883. The van der Waals surface area contributed by atoms with E-state index in [1.807, 2.05) is 79.0 Å². The Morgan fingerprint density at radius 2 is 1.74 bits per heavy atom. The lowest BCUT2D eigenvalue weighted by molar-refractivity contribution is -0.153. The minimum Gasteiger partial charge on any atom is -0.453 e. The lowest BCUT2D eigenvalue weighted by Gasteiger charge is -2.14. The molecule has 0 aliphatic rings. The van der Waals surface area contributed by atoms with Crippen LogP contribution in [-0.2, 0) is 20.7 Å². The Kier molecular flexibility index (Phi) is 6.08. The number of nitrogens with zero attached hydrogens (tertiary/aromatic N) is 2. The predicted molar refractivity (Wildman–Crippen MR) is 120 cm³/mol. The van der Waals surface area contributed by atoms with Crippen LogP contribution < -0.4 is 5.32 Å². The summed E-state index contributed by atoms with van der Waals surface area (Å²) in [6.45, 7) is 1.57. The van der Waals surface area contributed by atoms with Gasteiger partial charge in [0, 0.05) is 18.3 Å². The molecular weight excluding hydrogens is 390 g/mol. The Labute approximate surface area is 180 Å². The smallest absolute Gasteiger partial charge is 0.306 e. The zero-order valence-electron chi connectivity index (χ0n) is 17.2. The SMILES string of the molecule is CC(OC(=O)CCc1cnn(-c2ccccc2)c1)C(=O)Nc1ccc2ccccc2c1. The van der Waals surface area contributed by atoms with E-state index in [4.69, 9.17) is 4.74 Å². The number of hydrogen-bond acceptors (Lipinski definition) is 4. The van der Waals surface area contributed by atoms with Crippen molar-refractivity contribution in [1.29, 1.82) is 0 Å². The summed E-state index contributed by atoms with van der Waals surface area (Å²) in [6.07, 6.45) is 3.40. The summed E-state index contributed by atoms with van der Waals surface area (Å²) in [6, 6.07) is 23.3. The van der Waals surface area contributed by atoms with E-state index >= 15 is 0 Å². The van der Waals surface area contributed by atoms with Crippen molar-refractivity contribution < 1.29 is 14.3 Å². The average molecular weight is 413 g/mol. The third kappa shape index (κ3) is 5.17. The van der Waals surface area contributed by atoms with Gasteiger partial charge in [0.25, 0.3) is 5.91 Å². The second-order valence-corrected chi connectivity index (χ2v) is 7.31. The molecule has 1 unspecified atom stereocenters. The first-order valence-electron chi connectivity index (χ1n) is 10.2. The van der Waals surface area contributed by atoms with Crippen molar-refractivity contribution in [1.82, 2.24) is 9.78 Å². The molecule has 0 aliphatic carbocycles. The third-order valence-electron chi connectivity index (χ3n) is 4.97. The fourth-order valence-corrected chi connectivity index (χ4v) is 3.28. The normalized spacial score (nSPS) is 11.8. The number of nitrogens with one attached hydrogen (secondary N) is 1. The highest BCUT2D eigenvalue weighted by Crippen LogP contribution is 2.19. The number of benzene rings is 3. The van der Waals surface area contributed by atoms with Gasteiger partial charge in [-0.3, -0.25) is 9.59 Å². The lowest BCUT2D eigenvalue weighted by Crippen LogP contribution is -2.30. The molecule has 1 amide bonds. The number of aromatic nitrogens is 2. The molecule has 4 rings (SSSR count). The van der Waals surface area contributed by atoms with E-state index in [1.165, 1.54) is 0 Å². The number of amides is 1. The summed E-state index contributed by atoms with van der Waals surface area (Å²) in [5.41, 5.74) is 2.55. The zero-order valence-corrected chi connectivity index (χ0v) is 17.2. The first-order chi connectivity index (χ1) is 15.1. The van der Waals surface area contributed by atoms with Gasteiger partial charge in [0.05, 0.1) is 11.9 Å². The van der Waals surface area contributed by atoms with E-state index < -0.39 is 12.1 Å². The van der Waals surface area contributed by atoms with Crippen LogP contribution >= 0.6 is 0 Å². The Balaban J connectivity index is 1.28. The Hall–Kier alpha value is -3.93. The van der Waals surface area contributed by atoms with Crippen LogP contribution in [0.25, 0.3) is 16.5 Å². The Bertz CT molecular complexity index is 1200. The monoisotopic (exact) mass is 413 g/mol. The highest BCUT2D eigenvalue weighted by Gasteiger charge is 2.18. The van der Waals surface area contributed by atoms with E-state index in [2.05, 4.69) is 10.4 Å². The molecule has 0 aliphatic heterocycles. The van der Waals surface area contributed by atoms with E-state index in [9.17, 15) is 9.59 Å². The molecule has 4 aromatic rings. The van der Waals surface area contributed by atoms with Crippen LogP contribution in [0.15, 0.2) is 85.2 Å². The molecule has 0 spiro atoms. The predicted octanol–water partition coefficient (Wildman–Crippen LogP) is 4.53. The van der Waals surface area contributed by atoms with Crippen LogP contribution in [0.5, 0.6) is 0 Å². The Morgan fingerprint density at radius 1 is 1.00 bits per heavy atom. The van der Waals surface area contributed by atoms with Crippen molar-refractivity contribution >= 4 is 28.3 Å². The fraction of sp³-hybridized carbons (Fsp3) is 0.160. The van der Waals surface area contributed by atoms with Crippen molar-refractivity contribution in [3.05, 3.63) is 90.8 Å². The van der Waals surface area contributed by atoms with Gasteiger partial charge in [0.2, 0.25) is 0 Å². The van der Waals surface area contributed by atoms with Crippen molar-refractivity contribution in [2.45, 2.75) is 25.9 Å². The molecule has 0 radical (unpaired) electrons. The van der Waals surface area contributed by atoms with Gasteiger partial charge in [-0.05, 0) is 53.9 Å². The molecule has 0 bridgehead atoms. The number of carbonyl (C=O) groups excluding carboxylic acids is 2. The number of fused-ring (bicyclic) bond motifs is 1. The Morgan fingerprint density at radius 3 is 2.55 bits per heavy atom. The molecule has 0 fully saturated rings. The number of anilines is 1. The molecule has 1 atom stereocenters. The van der Waals surface area contributed by atoms with Gasteiger partial charge in [0.1, 0.15) is 0 Å². The number of rotatable bonds is 7. The molecule has 156 valence electrons. The van der Waals surface area contributed by atoms with Crippen LogP contribution in [0.2, 0.25) is 0 Å². The van der Waals surface area contributed by atoms with Crippen molar-refractivity contribution in [2.24, 2.45) is 0 Å². The molecule has 1 N–H and O–H groups in total. The quantitative estimate of drug-likeness (QED) is 0.452. The van der Waals surface area contributed by atoms with Crippen molar-refractivity contribution in [3.8, 4) is 5.69 Å². The fourth-order valence-electron chi connectivity index (χ4n) is 3.28. The van der Waals surface area contributed by atoms with Gasteiger partial charge in [-0.25, -0.2) is 4.68 Å². The first-order valence-corrected chi connectivity index (χ1v) is 10.2. The summed E-state index contributed by atoms with van der Waals surface area (Å²) >= 11 is 0. The van der Waals surface area contributed by atoms with Crippen LogP contribution in [-0.4, -0.2) is 27.8 Å². The standard InChI is InChI=1S/C25H23N3O3/c1-18(25(30)27-22-13-12-20-7-5-6-8-21(20)15-22)31-24(29)14-11-19-16-26-28(17-19)23-9-3-2-4-10-23/h2-10,12-13,15-18H,11,14H2,1H3,(H,27,30). The van der Waals surface area contributed by atoms with Gasteiger partial charge in [0.15, 0.2) is 6.10 Å². The summed E-state index contributed by atoms with van der Waals surface area (Å²) < 4.78 is 7.07. The molecule has 0 saturated heterocycles. The second kappa shape index (κ2) is 9.26. The minimum absolute atomic E-state index is 0.175. The van der Waals surface area contributed by atoms with E-state index in [0.717, 1.165) is 22.0 Å². The van der Waals surface area contributed by atoms with E-state index in [-0.39, 0.29) is 12.3 Å². The van der Waals surface area contributed by atoms with E-state index in [1.54, 1.807) is 17.8 Å². The van der Waals surface area contributed by atoms with Gasteiger partial charge >= 0.3 is 5.97 Å². The van der Waals surface area contributed by atoms with Gasteiger partial charge in [-0.2, -0.15) is 5.10 Å². The topological polar surface area (TPSA) is 73.2 Å². The van der Waals surface area contributed by atoms with Crippen LogP contribution in [0.1, 0.15) is 18.9 Å². The summed E-state index contributed by atoms with van der Waals surface area (Å²) in [5, 5.41) is 9.25. The maximum Gasteiger partial charge on any atom is 0.306 e. The van der Waals surface area contributed by atoms with Crippen LogP contribution in [0.3, 0.4) is 0 Å². The molecule has 3 aromatic carbocycles. The maximum absolute atomic E-state index is 12.4. The molecule has 0 saturated carbocycles. The van der Waals surface area contributed by atoms with E-state index in [0.29, 0.717) is 12.1 Å². The molecule has 6 heteroatoms. The number of hydrogen-bond donors (Lipinski definition) is 1. The summed E-state index contributed by atoms with van der Waals surface area (Å²) in [7, 11) is 0. The number of ether oxygens (including phenoxy) is 1. The summed E-state index contributed by atoms with van der Waals surface area (Å²) in [4.78, 5) is 24.6.